The van der Waals surface area contributed by atoms with Crippen molar-refractivity contribution in [3.63, 3.8) is 0 Å². The topological polar surface area (TPSA) is 62.5 Å². The molecule has 0 unspecified atom stereocenters. The Kier molecular flexibility index (Phi) is 3.81. The zero-order valence-corrected chi connectivity index (χ0v) is 11.4. The molecule has 1 aromatic carbocycles. The smallest absolute Gasteiger partial charge is 0.372 e. The minimum atomic E-state index is -1.05. The summed E-state index contributed by atoms with van der Waals surface area (Å²) in [5.74, 6) is -0.489. The Labute approximate surface area is 116 Å². The van der Waals surface area contributed by atoms with Gasteiger partial charge in [-0.1, -0.05) is 17.7 Å². The van der Waals surface area contributed by atoms with Gasteiger partial charge in [0.25, 0.3) is 0 Å². The Hall–Kier alpha value is -1.94. The fourth-order valence-corrected chi connectivity index (χ4v) is 1.99. The molecule has 0 aliphatic heterocycles. The lowest BCUT2D eigenvalue weighted by molar-refractivity contribution is 0.0659. The van der Waals surface area contributed by atoms with Crippen LogP contribution in [0.4, 0.5) is 5.69 Å². The molecule has 2 rings (SSSR count). The maximum atomic E-state index is 10.9. The van der Waals surface area contributed by atoms with Crippen molar-refractivity contribution in [2.24, 2.45) is 0 Å². The van der Waals surface area contributed by atoms with Crippen LogP contribution < -0.4 is 5.32 Å². The first-order valence-corrected chi connectivity index (χ1v) is 6.18. The van der Waals surface area contributed by atoms with E-state index in [1.807, 2.05) is 25.1 Å². The van der Waals surface area contributed by atoms with Crippen LogP contribution in [0.2, 0.25) is 5.02 Å². The summed E-state index contributed by atoms with van der Waals surface area (Å²) in [4.78, 5) is 10.9. The van der Waals surface area contributed by atoms with Gasteiger partial charge in [0.05, 0.1) is 6.54 Å². The van der Waals surface area contributed by atoms with E-state index in [9.17, 15) is 4.79 Å². The number of carboxylic acid groups (broad SMARTS) is 1. The van der Waals surface area contributed by atoms with Gasteiger partial charge in [-0.2, -0.15) is 0 Å². The average molecular weight is 280 g/mol. The van der Waals surface area contributed by atoms with Crippen LogP contribution in [-0.4, -0.2) is 11.1 Å². The van der Waals surface area contributed by atoms with Gasteiger partial charge in [0, 0.05) is 16.3 Å². The van der Waals surface area contributed by atoms with Crippen LogP contribution in [0.3, 0.4) is 0 Å². The van der Waals surface area contributed by atoms with Gasteiger partial charge in [-0.25, -0.2) is 4.79 Å². The quantitative estimate of drug-likeness (QED) is 0.892. The van der Waals surface area contributed by atoms with Gasteiger partial charge in [-0.05, 0) is 37.6 Å². The molecule has 0 aliphatic carbocycles. The van der Waals surface area contributed by atoms with Crippen molar-refractivity contribution < 1.29 is 14.3 Å². The van der Waals surface area contributed by atoms with E-state index in [0.717, 1.165) is 11.3 Å². The number of hydrogen-bond acceptors (Lipinski definition) is 3. The molecule has 0 atom stereocenters. The van der Waals surface area contributed by atoms with Crippen LogP contribution in [0, 0.1) is 13.8 Å². The van der Waals surface area contributed by atoms with E-state index >= 15 is 0 Å². The number of hydrogen-bond donors (Lipinski definition) is 2. The summed E-state index contributed by atoms with van der Waals surface area (Å²) in [6.45, 7) is 4.09. The predicted molar refractivity (Wildman–Crippen MR) is 73.9 cm³/mol. The summed E-state index contributed by atoms with van der Waals surface area (Å²) in [7, 11) is 0. The maximum Gasteiger partial charge on any atom is 0.372 e. The molecule has 2 aromatic rings. The third-order valence-electron chi connectivity index (χ3n) is 2.82. The van der Waals surface area contributed by atoms with Crippen molar-refractivity contribution in [3.05, 3.63) is 51.9 Å². The zero-order chi connectivity index (χ0) is 14.0. The molecule has 5 heteroatoms. The van der Waals surface area contributed by atoms with Crippen LogP contribution in [0.1, 0.15) is 27.4 Å². The molecule has 0 aliphatic rings. The van der Waals surface area contributed by atoms with Crippen molar-refractivity contribution in [2.45, 2.75) is 20.4 Å². The van der Waals surface area contributed by atoms with E-state index in [-0.39, 0.29) is 5.76 Å². The number of carbonyl (C=O) groups is 1. The summed E-state index contributed by atoms with van der Waals surface area (Å²) < 4.78 is 5.27. The monoisotopic (exact) mass is 279 g/mol. The SMILES string of the molecule is Cc1ccc(Cl)cc1NCc1cc(C)c(C(=O)O)o1. The Morgan fingerprint density at radius 1 is 1.32 bits per heavy atom. The highest BCUT2D eigenvalue weighted by Gasteiger charge is 2.14. The predicted octanol–water partition coefficient (Wildman–Crippen LogP) is 3.86. The first-order chi connectivity index (χ1) is 8.97. The molecule has 1 heterocycles. The van der Waals surface area contributed by atoms with Crippen molar-refractivity contribution >= 4 is 23.3 Å². The molecule has 0 fully saturated rings. The summed E-state index contributed by atoms with van der Waals surface area (Å²) in [6.07, 6.45) is 0. The largest absolute Gasteiger partial charge is 0.475 e. The minimum Gasteiger partial charge on any atom is -0.475 e. The summed E-state index contributed by atoms with van der Waals surface area (Å²) in [6, 6.07) is 7.28. The Bertz CT molecular complexity index is 619. The molecular weight excluding hydrogens is 266 g/mol. The highest BCUT2D eigenvalue weighted by Crippen LogP contribution is 2.22. The molecule has 100 valence electrons. The number of carboxylic acids is 1. The van der Waals surface area contributed by atoms with E-state index in [2.05, 4.69) is 5.32 Å². The Morgan fingerprint density at radius 2 is 2.05 bits per heavy atom. The maximum absolute atomic E-state index is 10.9. The summed E-state index contributed by atoms with van der Waals surface area (Å²) in [5.41, 5.74) is 2.58. The number of rotatable bonds is 4. The molecule has 4 nitrogen and oxygen atoms in total. The van der Waals surface area contributed by atoms with Crippen LogP contribution in [-0.2, 0) is 6.54 Å². The third kappa shape index (κ3) is 3.09. The number of aromatic carboxylic acids is 1. The van der Waals surface area contributed by atoms with Crippen LogP contribution >= 0.6 is 11.6 Å². The normalized spacial score (nSPS) is 10.5. The molecule has 0 saturated carbocycles. The zero-order valence-electron chi connectivity index (χ0n) is 10.7. The third-order valence-corrected chi connectivity index (χ3v) is 3.05. The molecule has 2 N–H and O–H groups in total. The van der Waals surface area contributed by atoms with Crippen LogP contribution in [0.25, 0.3) is 0 Å². The average Bonchev–Trinajstić information content (AvgIpc) is 2.72. The fraction of sp³-hybridized carbons (Fsp3) is 0.214. The lowest BCUT2D eigenvalue weighted by Crippen LogP contribution is -2.00. The number of nitrogens with one attached hydrogen (secondary N) is 1. The second-order valence-corrected chi connectivity index (χ2v) is 4.78. The number of benzene rings is 1. The molecule has 0 spiro atoms. The van der Waals surface area contributed by atoms with E-state index in [1.54, 1.807) is 13.0 Å². The molecule has 19 heavy (non-hydrogen) atoms. The van der Waals surface area contributed by atoms with E-state index in [4.69, 9.17) is 21.1 Å². The van der Waals surface area contributed by atoms with Gasteiger partial charge in [-0.15, -0.1) is 0 Å². The lowest BCUT2D eigenvalue weighted by Gasteiger charge is -2.08. The highest BCUT2D eigenvalue weighted by atomic mass is 35.5. The second-order valence-electron chi connectivity index (χ2n) is 4.34. The van der Waals surface area contributed by atoms with Gasteiger partial charge >= 0.3 is 5.97 Å². The summed E-state index contributed by atoms with van der Waals surface area (Å²) >= 11 is 5.93. The number of furan rings is 1. The summed E-state index contributed by atoms with van der Waals surface area (Å²) in [5, 5.41) is 12.7. The minimum absolute atomic E-state index is 0.0142. The molecule has 0 amide bonds. The first-order valence-electron chi connectivity index (χ1n) is 5.80. The number of anilines is 1. The van der Waals surface area contributed by atoms with Gasteiger partial charge in [-0.3, -0.25) is 0 Å². The van der Waals surface area contributed by atoms with Gasteiger partial charge in [0.1, 0.15) is 5.76 Å². The number of aryl methyl sites for hydroxylation is 2. The second kappa shape index (κ2) is 5.36. The lowest BCUT2D eigenvalue weighted by atomic mass is 10.2. The van der Waals surface area contributed by atoms with Gasteiger partial charge in [0.2, 0.25) is 5.76 Å². The molecule has 0 saturated heterocycles. The standard InChI is InChI=1S/C14H14ClNO3/c1-8-3-4-10(15)6-12(8)16-7-11-5-9(2)13(19-11)14(17)18/h3-6,16H,7H2,1-2H3,(H,17,18). The molecule has 0 radical (unpaired) electrons. The van der Waals surface area contributed by atoms with Gasteiger partial charge < -0.3 is 14.8 Å². The van der Waals surface area contributed by atoms with Crippen molar-refractivity contribution in [1.82, 2.24) is 0 Å². The first kappa shape index (κ1) is 13.5. The Morgan fingerprint density at radius 3 is 2.68 bits per heavy atom. The van der Waals surface area contributed by atoms with E-state index in [0.29, 0.717) is 22.9 Å². The molecular formula is C14H14ClNO3. The van der Waals surface area contributed by atoms with Gasteiger partial charge in [0.15, 0.2) is 0 Å². The van der Waals surface area contributed by atoms with Crippen molar-refractivity contribution in [3.8, 4) is 0 Å². The van der Waals surface area contributed by atoms with E-state index < -0.39 is 5.97 Å². The van der Waals surface area contributed by atoms with E-state index in [1.165, 1.54) is 0 Å². The van der Waals surface area contributed by atoms with Crippen molar-refractivity contribution in [2.75, 3.05) is 5.32 Å². The van der Waals surface area contributed by atoms with Crippen LogP contribution in [0.5, 0.6) is 0 Å². The Balaban J connectivity index is 2.12. The highest BCUT2D eigenvalue weighted by molar-refractivity contribution is 6.30. The van der Waals surface area contributed by atoms with Crippen molar-refractivity contribution in [1.29, 1.82) is 0 Å². The van der Waals surface area contributed by atoms with Crippen LogP contribution in [0.15, 0.2) is 28.7 Å². The fourth-order valence-electron chi connectivity index (χ4n) is 1.81. The molecule has 0 bridgehead atoms. The molecule has 1 aromatic heterocycles. The number of halogens is 1.